The summed E-state index contributed by atoms with van der Waals surface area (Å²) in [6, 6.07) is 22.7. The van der Waals surface area contributed by atoms with E-state index in [0.717, 1.165) is 86.9 Å². The monoisotopic (exact) mass is 493 g/mol. The van der Waals surface area contributed by atoms with Crippen molar-refractivity contribution in [1.29, 1.82) is 0 Å². The Balaban J connectivity index is 1.14. The van der Waals surface area contributed by atoms with Crippen LogP contribution in [0.3, 0.4) is 0 Å². The fourth-order valence-electron chi connectivity index (χ4n) is 5.20. The maximum atomic E-state index is 12.7. The van der Waals surface area contributed by atoms with E-state index in [2.05, 4.69) is 73.7 Å². The van der Waals surface area contributed by atoms with Crippen molar-refractivity contribution in [1.82, 2.24) is 25.4 Å². The summed E-state index contributed by atoms with van der Waals surface area (Å²) in [5, 5.41) is 14.9. The van der Waals surface area contributed by atoms with Gasteiger partial charge in [0.2, 0.25) is 0 Å². The third-order valence-corrected chi connectivity index (χ3v) is 7.26. The zero-order chi connectivity index (χ0) is 25.0. The van der Waals surface area contributed by atoms with Gasteiger partial charge in [0, 0.05) is 75.7 Å². The van der Waals surface area contributed by atoms with Gasteiger partial charge in [-0.05, 0) is 17.7 Å². The van der Waals surface area contributed by atoms with Gasteiger partial charge >= 0.3 is 0 Å². The molecule has 0 aliphatic carbocycles. The molecule has 4 heterocycles. The number of piperazine rings is 2. The Hall–Kier alpha value is -4.04. The number of rotatable bonds is 5. The van der Waals surface area contributed by atoms with E-state index in [1.54, 1.807) is 6.20 Å². The standard InChI is InChI=1S/C29H31N7O/c37-29(36-14-12-30-13-15-36)23-10-11-27(31-21-23)34-16-18-35(19-17-34)28-25-9-5-4-8-24(25)26(32-33-28)20-22-6-2-1-3-7-22/h1-11,21,30H,12-20H2. The summed E-state index contributed by atoms with van der Waals surface area (Å²) in [5.41, 5.74) is 2.89. The van der Waals surface area contributed by atoms with Gasteiger partial charge in [-0.2, -0.15) is 5.10 Å². The van der Waals surface area contributed by atoms with Crippen LogP contribution in [-0.2, 0) is 6.42 Å². The highest BCUT2D eigenvalue weighted by Crippen LogP contribution is 2.28. The average molecular weight is 494 g/mol. The predicted molar refractivity (Wildman–Crippen MR) is 146 cm³/mol. The van der Waals surface area contributed by atoms with E-state index >= 15 is 0 Å². The van der Waals surface area contributed by atoms with E-state index in [9.17, 15) is 4.79 Å². The van der Waals surface area contributed by atoms with E-state index in [1.807, 2.05) is 23.1 Å². The van der Waals surface area contributed by atoms with Crippen LogP contribution in [0, 0.1) is 0 Å². The van der Waals surface area contributed by atoms with Crippen LogP contribution in [0.5, 0.6) is 0 Å². The van der Waals surface area contributed by atoms with Crippen molar-refractivity contribution in [2.45, 2.75) is 6.42 Å². The van der Waals surface area contributed by atoms with Crippen LogP contribution in [0.15, 0.2) is 72.9 Å². The highest BCUT2D eigenvalue weighted by atomic mass is 16.2. The minimum absolute atomic E-state index is 0.0616. The van der Waals surface area contributed by atoms with Gasteiger partial charge in [0.25, 0.3) is 5.91 Å². The van der Waals surface area contributed by atoms with Crippen molar-refractivity contribution in [3.05, 3.63) is 89.7 Å². The summed E-state index contributed by atoms with van der Waals surface area (Å²) in [4.78, 5) is 23.9. The van der Waals surface area contributed by atoms with Gasteiger partial charge < -0.3 is 20.0 Å². The summed E-state index contributed by atoms with van der Waals surface area (Å²) in [6.07, 6.45) is 2.48. The van der Waals surface area contributed by atoms with Crippen LogP contribution in [-0.4, -0.2) is 78.3 Å². The van der Waals surface area contributed by atoms with Crippen molar-refractivity contribution in [2.24, 2.45) is 0 Å². The number of carbonyl (C=O) groups excluding carboxylic acids is 1. The van der Waals surface area contributed by atoms with Crippen LogP contribution >= 0.6 is 0 Å². The molecular formula is C29H31N7O. The quantitative estimate of drug-likeness (QED) is 0.458. The van der Waals surface area contributed by atoms with E-state index in [0.29, 0.717) is 5.56 Å². The Kier molecular flexibility index (Phi) is 6.64. The van der Waals surface area contributed by atoms with Crippen LogP contribution in [0.2, 0.25) is 0 Å². The minimum Gasteiger partial charge on any atom is -0.353 e. The van der Waals surface area contributed by atoms with Crippen molar-refractivity contribution in [3.8, 4) is 0 Å². The largest absolute Gasteiger partial charge is 0.353 e. The molecule has 2 saturated heterocycles. The molecule has 6 rings (SSSR count). The Morgan fingerprint density at radius 2 is 1.46 bits per heavy atom. The zero-order valence-corrected chi connectivity index (χ0v) is 20.9. The number of hydrogen-bond donors (Lipinski definition) is 1. The predicted octanol–water partition coefficient (Wildman–Crippen LogP) is 2.99. The Bertz CT molecular complexity index is 1360. The molecule has 0 atom stereocenters. The molecule has 0 unspecified atom stereocenters. The molecular weight excluding hydrogens is 462 g/mol. The summed E-state index contributed by atoms with van der Waals surface area (Å²) in [7, 11) is 0. The first-order valence-electron chi connectivity index (χ1n) is 13.0. The Morgan fingerprint density at radius 1 is 0.757 bits per heavy atom. The van der Waals surface area contributed by atoms with E-state index < -0.39 is 0 Å². The van der Waals surface area contributed by atoms with Crippen molar-refractivity contribution in [3.63, 3.8) is 0 Å². The van der Waals surface area contributed by atoms with Gasteiger partial charge in [-0.1, -0.05) is 54.6 Å². The third-order valence-electron chi connectivity index (χ3n) is 7.26. The summed E-state index contributed by atoms with van der Waals surface area (Å²) >= 11 is 0. The topological polar surface area (TPSA) is 77.5 Å². The molecule has 2 aromatic carbocycles. The van der Waals surface area contributed by atoms with E-state index in [-0.39, 0.29) is 5.91 Å². The molecule has 2 aromatic heterocycles. The van der Waals surface area contributed by atoms with Crippen LogP contribution in [0.1, 0.15) is 21.6 Å². The van der Waals surface area contributed by atoms with Crippen LogP contribution in [0.25, 0.3) is 10.8 Å². The third kappa shape index (κ3) is 4.97. The lowest BCUT2D eigenvalue weighted by atomic mass is 10.0. The van der Waals surface area contributed by atoms with Crippen molar-refractivity contribution in [2.75, 3.05) is 62.2 Å². The second-order valence-corrected chi connectivity index (χ2v) is 9.60. The number of nitrogens with one attached hydrogen (secondary N) is 1. The molecule has 37 heavy (non-hydrogen) atoms. The van der Waals surface area contributed by atoms with Crippen molar-refractivity contribution >= 4 is 28.3 Å². The van der Waals surface area contributed by atoms with Crippen LogP contribution < -0.4 is 15.1 Å². The normalized spacial score (nSPS) is 16.3. The summed E-state index contributed by atoms with van der Waals surface area (Å²) < 4.78 is 0. The summed E-state index contributed by atoms with van der Waals surface area (Å²) in [6.45, 7) is 6.51. The Morgan fingerprint density at radius 3 is 2.19 bits per heavy atom. The zero-order valence-electron chi connectivity index (χ0n) is 20.9. The van der Waals surface area contributed by atoms with E-state index in [1.165, 1.54) is 5.56 Å². The second kappa shape index (κ2) is 10.5. The number of anilines is 2. The molecule has 1 amide bonds. The molecule has 1 N–H and O–H groups in total. The first-order chi connectivity index (χ1) is 18.3. The number of fused-ring (bicyclic) bond motifs is 1. The number of nitrogens with zero attached hydrogens (tertiary/aromatic N) is 6. The first-order valence-corrected chi connectivity index (χ1v) is 13.0. The van der Waals surface area contributed by atoms with Gasteiger partial charge in [-0.25, -0.2) is 4.98 Å². The minimum atomic E-state index is 0.0616. The molecule has 2 fully saturated rings. The molecule has 188 valence electrons. The van der Waals surface area contributed by atoms with Gasteiger partial charge in [0.05, 0.1) is 11.3 Å². The molecule has 2 aliphatic rings. The van der Waals surface area contributed by atoms with Gasteiger partial charge in [0.1, 0.15) is 5.82 Å². The maximum Gasteiger partial charge on any atom is 0.255 e. The fourth-order valence-corrected chi connectivity index (χ4v) is 5.20. The van der Waals surface area contributed by atoms with Gasteiger partial charge in [0.15, 0.2) is 5.82 Å². The maximum absolute atomic E-state index is 12.7. The molecule has 0 saturated carbocycles. The smallest absolute Gasteiger partial charge is 0.255 e. The van der Waals surface area contributed by atoms with Crippen LogP contribution in [0.4, 0.5) is 11.6 Å². The number of benzene rings is 2. The fraction of sp³-hybridized carbons (Fsp3) is 0.310. The highest BCUT2D eigenvalue weighted by molar-refractivity contribution is 5.94. The van der Waals surface area contributed by atoms with E-state index in [4.69, 9.17) is 5.10 Å². The second-order valence-electron chi connectivity index (χ2n) is 9.60. The lowest BCUT2D eigenvalue weighted by Crippen LogP contribution is -2.47. The highest BCUT2D eigenvalue weighted by Gasteiger charge is 2.23. The molecule has 4 aromatic rings. The lowest BCUT2D eigenvalue weighted by Gasteiger charge is -2.36. The first kappa shape index (κ1) is 23.4. The SMILES string of the molecule is O=C(c1ccc(N2CCN(c3nnc(Cc4ccccc4)c4ccccc34)CC2)nc1)N1CCNCC1. The number of hydrogen-bond acceptors (Lipinski definition) is 7. The summed E-state index contributed by atoms with van der Waals surface area (Å²) in [5.74, 6) is 1.91. The number of amides is 1. The molecule has 0 radical (unpaired) electrons. The van der Waals surface area contributed by atoms with Gasteiger partial charge in [-0.3, -0.25) is 4.79 Å². The number of carbonyl (C=O) groups is 1. The molecule has 8 heteroatoms. The number of aromatic nitrogens is 3. The van der Waals surface area contributed by atoms with Gasteiger partial charge in [-0.15, -0.1) is 5.10 Å². The molecule has 0 spiro atoms. The molecule has 8 nitrogen and oxygen atoms in total. The average Bonchev–Trinajstić information content (AvgIpc) is 2.98. The lowest BCUT2D eigenvalue weighted by molar-refractivity contribution is 0.0735. The Labute approximate surface area is 216 Å². The van der Waals surface area contributed by atoms with Crippen molar-refractivity contribution < 1.29 is 4.79 Å². The number of pyridine rings is 1. The molecule has 0 bridgehead atoms. The molecule has 2 aliphatic heterocycles.